The van der Waals surface area contributed by atoms with E-state index in [-0.39, 0.29) is 36.8 Å². The number of nitrogens with zero attached hydrogens (tertiary/aromatic N) is 2. The number of amides is 2. The number of nitrogens with one attached hydrogen (secondary N) is 2. The molecule has 40 heavy (non-hydrogen) atoms. The van der Waals surface area contributed by atoms with E-state index >= 15 is 0 Å². The van der Waals surface area contributed by atoms with Crippen molar-refractivity contribution in [2.45, 2.75) is 0 Å². The summed E-state index contributed by atoms with van der Waals surface area (Å²) in [5.41, 5.74) is 27.8. The molecule has 10 N–H and O–H groups in total. The zero-order valence-electron chi connectivity index (χ0n) is 21.7. The molecular formula is C30H30N8O2. The molecule has 4 aromatic rings. The first kappa shape index (κ1) is 27.4. The summed E-state index contributed by atoms with van der Waals surface area (Å²) in [6, 6.07) is 29.1. The van der Waals surface area contributed by atoms with E-state index in [0.717, 1.165) is 22.3 Å². The predicted molar refractivity (Wildman–Crippen MR) is 159 cm³/mol. The third-order valence-corrected chi connectivity index (χ3v) is 5.92. The van der Waals surface area contributed by atoms with Crippen LogP contribution < -0.4 is 33.6 Å². The highest BCUT2D eigenvalue weighted by Crippen LogP contribution is 2.31. The van der Waals surface area contributed by atoms with Gasteiger partial charge in [-0.1, -0.05) is 60.7 Å². The van der Waals surface area contributed by atoms with Gasteiger partial charge in [0, 0.05) is 35.3 Å². The van der Waals surface area contributed by atoms with Crippen LogP contribution in [-0.4, -0.2) is 36.8 Å². The Morgan fingerprint density at radius 1 is 0.525 bits per heavy atom. The molecule has 0 heterocycles. The monoisotopic (exact) mass is 534 g/mol. The first-order valence-corrected chi connectivity index (χ1v) is 12.5. The van der Waals surface area contributed by atoms with E-state index in [1.54, 1.807) is 24.3 Å². The van der Waals surface area contributed by atoms with Crippen LogP contribution in [0, 0.1) is 0 Å². The number of carbonyl (C=O) groups excluding carboxylic acids is 2. The Kier molecular flexibility index (Phi) is 8.73. The SMILES string of the molecule is NC(N)=Nc1ccccc1-c1ccc(C(=O)NCCNC(=O)c2ccc(-c3ccccc3N=C(N)N)cc2)cc1. The Bertz CT molecular complexity index is 1430. The zero-order valence-corrected chi connectivity index (χ0v) is 21.7. The lowest BCUT2D eigenvalue weighted by Gasteiger charge is -2.10. The Morgan fingerprint density at radius 2 is 0.875 bits per heavy atom. The van der Waals surface area contributed by atoms with Gasteiger partial charge in [-0.25, -0.2) is 9.98 Å². The molecule has 0 bridgehead atoms. The van der Waals surface area contributed by atoms with Gasteiger partial charge in [-0.2, -0.15) is 0 Å². The van der Waals surface area contributed by atoms with Crippen molar-refractivity contribution in [3.05, 3.63) is 108 Å². The molecule has 0 saturated carbocycles. The molecule has 0 unspecified atom stereocenters. The normalized spacial score (nSPS) is 10.3. The Hall–Kier alpha value is -5.64. The molecule has 2 amide bonds. The van der Waals surface area contributed by atoms with Gasteiger partial charge in [-0.05, 0) is 47.5 Å². The molecule has 0 aliphatic carbocycles. The molecule has 4 rings (SSSR count). The minimum Gasteiger partial charge on any atom is -0.370 e. The maximum Gasteiger partial charge on any atom is 0.251 e. The Morgan fingerprint density at radius 3 is 1.23 bits per heavy atom. The average molecular weight is 535 g/mol. The molecular weight excluding hydrogens is 504 g/mol. The summed E-state index contributed by atoms with van der Waals surface area (Å²) in [5, 5.41) is 5.63. The molecule has 0 aliphatic rings. The summed E-state index contributed by atoms with van der Waals surface area (Å²) < 4.78 is 0. The second-order valence-corrected chi connectivity index (χ2v) is 8.77. The van der Waals surface area contributed by atoms with E-state index in [2.05, 4.69) is 20.6 Å². The van der Waals surface area contributed by atoms with Gasteiger partial charge in [0.2, 0.25) is 0 Å². The number of hydrogen-bond donors (Lipinski definition) is 6. The maximum atomic E-state index is 12.6. The molecule has 0 atom stereocenters. The fourth-order valence-corrected chi connectivity index (χ4v) is 4.07. The van der Waals surface area contributed by atoms with Crippen molar-refractivity contribution in [2.75, 3.05) is 13.1 Å². The number of nitrogens with two attached hydrogens (primary N) is 4. The van der Waals surface area contributed by atoms with Crippen LogP contribution in [0.15, 0.2) is 107 Å². The van der Waals surface area contributed by atoms with Crippen molar-refractivity contribution in [2.24, 2.45) is 32.9 Å². The highest BCUT2D eigenvalue weighted by molar-refractivity contribution is 5.96. The quantitative estimate of drug-likeness (QED) is 0.109. The highest BCUT2D eigenvalue weighted by Gasteiger charge is 2.10. The van der Waals surface area contributed by atoms with Crippen LogP contribution in [0.1, 0.15) is 20.7 Å². The second kappa shape index (κ2) is 12.7. The predicted octanol–water partition coefficient (Wildman–Crippen LogP) is 2.99. The van der Waals surface area contributed by atoms with E-state index in [9.17, 15) is 9.59 Å². The first-order valence-electron chi connectivity index (χ1n) is 12.5. The summed E-state index contributed by atoms with van der Waals surface area (Å²) in [6.07, 6.45) is 0. The standard InChI is InChI=1S/C30H30N8O2/c31-29(32)37-25-7-3-1-5-23(25)19-9-13-21(14-10-19)27(39)35-17-18-36-28(40)22-15-11-20(12-16-22)24-6-2-4-8-26(24)38-30(33)34/h1-16H,17-18H2,(H,35,39)(H,36,40)(H4,31,32,37)(H4,33,34,38). The van der Waals surface area contributed by atoms with Gasteiger partial charge in [0.05, 0.1) is 11.4 Å². The van der Waals surface area contributed by atoms with Crippen LogP contribution in [0.2, 0.25) is 0 Å². The van der Waals surface area contributed by atoms with E-state index in [1.165, 1.54) is 0 Å². The molecule has 10 nitrogen and oxygen atoms in total. The van der Waals surface area contributed by atoms with E-state index in [0.29, 0.717) is 22.5 Å². The lowest BCUT2D eigenvalue weighted by atomic mass is 10.0. The van der Waals surface area contributed by atoms with Crippen LogP contribution >= 0.6 is 0 Å². The van der Waals surface area contributed by atoms with Crippen molar-refractivity contribution in [1.29, 1.82) is 0 Å². The second-order valence-electron chi connectivity index (χ2n) is 8.77. The summed E-state index contributed by atoms with van der Waals surface area (Å²) >= 11 is 0. The number of guanidine groups is 2. The van der Waals surface area contributed by atoms with Crippen molar-refractivity contribution >= 4 is 35.1 Å². The minimum absolute atomic E-state index is 0.0298. The Labute approximate surface area is 231 Å². The van der Waals surface area contributed by atoms with Crippen LogP contribution in [0.25, 0.3) is 22.3 Å². The van der Waals surface area contributed by atoms with Crippen LogP contribution in [-0.2, 0) is 0 Å². The molecule has 0 fully saturated rings. The highest BCUT2D eigenvalue weighted by atomic mass is 16.2. The number of benzene rings is 4. The third kappa shape index (κ3) is 7.01. The molecule has 0 saturated heterocycles. The lowest BCUT2D eigenvalue weighted by Crippen LogP contribution is -2.34. The molecule has 202 valence electrons. The van der Waals surface area contributed by atoms with Gasteiger partial charge < -0.3 is 33.6 Å². The first-order chi connectivity index (χ1) is 19.3. The molecule has 10 heteroatoms. The number of rotatable bonds is 9. The molecule has 0 spiro atoms. The number of hydrogen-bond acceptors (Lipinski definition) is 4. The smallest absolute Gasteiger partial charge is 0.251 e. The van der Waals surface area contributed by atoms with Crippen LogP contribution in [0.5, 0.6) is 0 Å². The van der Waals surface area contributed by atoms with Gasteiger partial charge in [0.25, 0.3) is 11.8 Å². The van der Waals surface area contributed by atoms with Crippen molar-refractivity contribution in [1.82, 2.24) is 10.6 Å². The van der Waals surface area contributed by atoms with Crippen molar-refractivity contribution in [3.63, 3.8) is 0 Å². The van der Waals surface area contributed by atoms with Gasteiger partial charge in [0.1, 0.15) is 0 Å². The molecule has 0 radical (unpaired) electrons. The summed E-state index contributed by atoms with van der Waals surface area (Å²) in [5.74, 6) is -0.556. The van der Waals surface area contributed by atoms with E-state index < -0.39 is 0 Å². The van der Waals surface area contributed by atoms with E-state index in [1.807, 2.05) is 72.8 Å². The van der Waals surface area contributed by atoms with Gasteiger partial charge >= 0.3 is 0 Å². The van der Waals surface area contributed by atoms with Gasteiger partial charge in [-0.3, -0.25) is 9.59 Å². The van der Waals surface area contributed by atoms with Crippen molar-refractivity contribution in [3.8, 4) is 22.3 Å². The lowest BCUT2D eigenvalue weighted by molar-refractivity contribution is 0.0927. The molecule has 0 aliphatic heterocycles. The average Bonchev–Trinajstić information content (AvgIpc) is 2.95. The minimum atomic E-state index is -0.248. The number of aliphatic imine (C=N–C) groups is 2. The molecule has 0 aromatic heterocycles. The summed E-state index contributed by atoms with van der Waals surface area (Å²) in [7, 11) is 0. The molecule has 4 aromatic carbocycles. The summed E-state index contributed by atoms with van der Waals surface area (Å²) in [6.45, 7) is 0.535. The largest absolute Gasteiger partial charge is 0.370 e. The van der Waals surface area contributed by atoms with Crippen LogP contribution in [0.3, 0.4) is 0 Å². The zero-order chi connectivity index (χ0) is 28.5. The summed E-state index contributed by atoms with van der Waals surface area (Å²) in [4.78, 5) is 33.5. The van der Waals surface area contributed by atoms with Crippen LogP contribution in [0.4, 0.5) is 11.4 Å². The maximum absolute atomic E-state index is 12.6. The topological polar surface area (TPSA) is 187 Å². The van der Waals surface area contributed by atoms with Gasteiger partial charge in [0.15, 0.2) is 11.9 Å². The number of carbonyl (C=O) groups is 2. The van der Waals surface area contributed by atoms with Crippen molar-refractivity contribution < 1.29 is 9.59 Å². The number of para-hydroxylation sites is 2. The van der Waals surface area contributed by atoms with E-state index in [4.69, 9.17) is 22.9 Å². The third-order valence-electron chi connectivity index (χ3n) is 5.92. The Balaban J connectivity index is 1.30. The van der Waals surface area contributed by atoms with Gasteiger partial charge in [-0.15, -0.1) is 0 Å². The fraction of sp³-hybridized carbons (Fsp3) is 0.0667. The fourth-order valence-electron chi connectivity index (χ4n) is 4.07.